The second-order valence-electron chi connectivity index (χ2n) is 5.40. The monoisotopic (exact) mass is 260 g/mol. The Balaban J connectivity index is 0.000000393. The fourth-order valence-corrected chi connectivity index (χ4v) is 1.76. The molecule has 108 valence electrons. The van der Waals surface area contributed by atoms with Gasteiger partial charge in [0, 0.05) is 0 Å². The minimum Gasteiger partial charge on any atom is -0.0724 e. The molecule has 0 aliphatic heterocycles. The summed E-state index contributed by atoms with van der Waals surface area (Å²) in [7, 11) is 0. The first-order valence-corrected chi connectivity index (χ1v) is 7.85. The molecule has 0 saturated carbocycles. The van der Waals surface area contributed by atoms with Gasteiger partial charge in [0.15, 0.2) is 0 Å². The zero-order valence-corrected chi connectivity index (χ0v) is 13.8. The van der Waals surface area contributed by atoms with Crippen molar-refractivity contribution in [3.05, 3.63) is 40.5 Å². The van der Waals surface area contributed by atoms with E-state index in [1.165, 1.54) is 54.4 Å². The van der Waals surface area contributed by atoms with Crippen LogP contribution in [0.15, 0.2) is 23.8 Å². The molecule has 1 aromatic carbocycles. The number of unbranched alkanes of at least 4 members (excludes halogenated alkanes) is 1. The van der Waals surface area contributed by atoms with Crippen LogP contribution in [-0.4, -0.2) is 0 Å². The lowest BCUT2D eigenvalue weighted by molar-refractivity contribution is 0.886. The van der Waals surface area contributed by atoms with E-state index in [0.29, 0.717) is 0 Å². The molecule has 0 radical (unpaired) electrons. The summed E-state index contributed by atoms with van der Waals surface area (Å²) in [5.74, 6) is 0. The molecule has 0 bridgehead atoms. The van der Waals surface area contributed by atoms with Crippen LogP contribution in [0.5, 0.6) is 0 Å². The fraction of sp³-hybridized carbons (Fsp3) is 0.579. The van der Waals surface area contributed by atoms with Crippen molar-refractivity contribution in [1.29, 1.82) is 0 Å². The van der Waals surface area contributed by atoms with Crippen LogP contribution in [0.25, 0.3) is 6.08 Å². The molecule has 0 saturated heterocycles. The summed E-state index contributed by atoms with van der Waals surface area (Å²) >= 11 is 0. The van der Waals surface area contributed by atoms with Gasteiger partial charge in [0.2, 0.25) is 0 Å². The highest BCUT2D eigenvalue weighted by Gasteiger charge is 2.06. The highest BCUT2D eigenvalue weighted by atomic mass is 14.1. The molecule has 0 N–H and O–H groups in total. The summed E-state index contributed by atoms with van der Waals surface area (Å²) in [6, 6.07) is 6.72. The van der Waals surface area contributed by atoms with Gasteiger partial charge < -0.3 is 0 Å². The number of benzene rings is 1. The normalized spacial score (nSPS) is 12.2. The van der Waals surface area contributed by atoms with Gasteiger partial charge in [0.1, 0.15) is 0 Å². The van der Waals surface area contributed by atoms with Crippen LogP contribution < -0.4 is 0 Å². The molecule has 0 atom stereocenters. The van der Waals surface area contributed by atoms with Crippen molar-refractivity contribution in [3.8, 4) is 0 Å². The summed E-state index contributed by atoms with van der Waals surface area (Å²) in [4.78, 5) is 0. The number of aryl methyl sites for hydroxylation is 2. The Morgan fingerprint density at radius 2 is 1.47 bits per heavy atom. The van der Waals surface area contributed by atoms with Crippen molar-refractivity contribution in [2.24, 2.45) is 0 Å². The predicted molar refractivity (Wildman–Crippen MR) is 89.7 cm³/mol. The Morgan fingerprint density at radius 1 is 0.895 bits per heavy atom. The lowest BCUT2D eigenvalue weighted by atomic mass is 9.92. The van der Waals surface area contributed by atoms with E-state index in [0.717, 1.165) is 0 Å². The van der Waals surface area contributed by atoms with Crippen LogP contribution in [0, 0.1) is 6.92 Å². The van der Waals surface area contributed by atoms with Crippen LogP contribution >= 0.6 is 0 Å². The molecule has 0 unspecified atom stereocenters. The first kappa shape index (κ1) is 18.0. The Morgan fingerprint density at radius 3 is 2.00 bits per heavy atom. The predicted octanol–water partition coefficient (Wildman–Crippen LogP) is 6.57. The molecule has 2 rings (SSSR count). The zero-order chi connectivity index (χ0) is 14.7. The second-order valence-corrected chi connectivity index (χ2v) is 5.40. The molecule has 0 heteroatoms. The highest BCUT2D eigenvalue weighted by Crippen LogP contribution is 2.23. The molecular weight excluding hydrogens is 228 g/mol. The van der Waals surface area contributed by atoms with Gasteiger partial charge in [-0.3, -0.25) is 0 Å². The van der Waals surface area contributed by atoms with Crippen molar-refractivity contribution < 1.29 is 0 Å². The smallest absolute Gasteiger partial charge is 0.0225 e. The number of fused-ring (bicyclic) bond motifs is 1. The summed E-state index contributed by atoms with van der Waals surface area (Å²) in [6.45, 7) is 13.0. The van der Waals surface area contributed by atoms with Gasteiger partial charge >= 0.3 is 0 Å². The third-order valence-corrected chi connectivity index (χ3v) is 2.99. The minimum atomic E-state index is 1.22. The largest absolute Gasteiger partial charge is 0.0724 e. The maximum atomic E-state index is 2.30. The minimum absolute atomic E-state index is 1.22. The van der Waals surface area contributed by atoms with Crippen molar-refractivity contribution in [2.45, 2.75) is 73.6 Å². The van der Waals surface area contributed by atoms with Gasteiger partial charge in [-0.05, 0) is 37.8 Å². The van der Waals surface area contributed by atoms with E-state index in [-0.39, 0.29) is 0 Å². The average Bonchev–Trinajstić information content (AvgIpc) is 2.40. The van der Waals surface area contributed by atoms with Crippen LogP contribution in [0.1, 0.15) is 77.0 Å². The van der Waals surface area contributed by atoms with E-state index in [4.69, 9.17) is 0 Å². The van der Waals surface area contributed by atoms with E-state index in [2.05, 4.69) is 65.8 Å². The molecule has 0 aromatic heterocycles. The van der Waals surface area contributed by atoms with Crippen molar-refractivity contribution in [3.63, 3.8) is 0 Å². The molecule has 19 heavy (non-hydrogen) atoms. The third-order valence-electron chi connectivity index (χ3n) is 2.99. The molecule has 1 aliphatic carbocycles. The van der Waals surface area contributed by atoms with E-state index in [1.807, 2.05) is 0 Å². The number of hydrogen-bond donors (Lipinski definition) is 0. The summed E-state index contributed by atoms with van der Waals surface area (Å²) in [5.41, 5.74) is 5.82. The molecule has 1 aromatic rings. The maximum absolute atomic E-state index is 2.30. The second kappa shape index (κ2) is 10.8. The van der Waals surface area contributed by atoms with E-state index < -0.39 is 0 Å². The summed E-state index contributed by atoms with van der Waals surface area (Å²) in [6.07, 6.45) is 8.65. The Hall–Kier alpha value is -1.04. The van der Waals surface area contributed by atoms with Gasteiger partial charge in [-0.25, -0.2) is 0 Å². The number of hydrogen-bond acceptors (Lipinski definition) is 0. The maximum Gasteiger partial charge on any atom is -0.0225 e. The SMILES string of the molecule is CC1=Cc2ccc(C)cc2CC1.CCC.CCCC. The molecule has 0 spiro atoms. The topological polar surface area (TPSA) is 0 Å². The summed E-state index contributed by atoms with van der Waals surface area (Å²) < 4.78 is 0. The number of allylic oxidation sites excluding steroid dienone is 1. The van der Waals surface area contributed by atoms with Crippen LogP contribution in [0.4, 0.5) is 0 Å². The van der Waals surface area contributed by atoms with Gasteiger partial charge in [-0.2, -0.15) is 0 Å². The molecule has 0 heterocycles. The third kappa shape index (κ3) is 7.87. The first-order valence-electron chi connectivity index (χ1n) is 7.85. The first-order chi connectivity index (χ1) is 9.08. The molecular formula is C19H32. The van der Waals surface area contributed by atoms with Gasteiger partial charge in [-0.1, -0.05) is 82.4 Å². The van der Waals surface area contributed by atoms with Gasteiger partial charge in [0.05, 0.1) is 0 Å². The Labute approximate surface area is 120 Å². The Bertz CT molecular complexity index is 370. The van der Waals surface area contributed by atoms with Gasteiger partial charge in [0.25, 0.3) is 0 Å². The van der Waals surface area contributed by atoms with E-state index >= 15 is 0 Å². The molecule has 0 amide bonds. The number of rotatable bonds is 1. The van der Waals surface area contributed by atoms with Crippen LogP contribution in [0.3, 0.4) is 0 Å². The van der Waals surface area contributed by atoms with Gasteiger partial charge in [-0.15, -0.1) is 0 Å². The summed E-state index contributed by atoms with van der Waals surface area (Å²) in [5, 5.41) is 0. The highest BCUT2D eigenvalue weighted by molar-refractivity contribution is 5.59. The van der Waals surface area contributed by atoms with E-state index in [9.17, 15) is 0 Å². The van der Waals surface area contributed by atoms with Crippen LogP contribution in [0.2, 0.25) is 0 Å². The van der Waals surface area contributed by atoms with Crippen molar-refractivity contribution in [1.82, 2.24) is 0 Å². The molecule has 0 fully saturated rings. The van der Waals surface area contributed by atoms with Crippen molar-refractivity contribution in [2.75, 3.05) is 0 Å². The Kier molecular flexibility index (Phi) is 10.2. The lowest BCUT2D eigenvalue weighted by Gasteiger charge is -2.13. The van der Waals surface area contributed by atoms with E-state index in [1.54, 1.807) is 0 Å². The lowest BCUT2D eigenvalue weighted by Crippen LogP contribution is -1.97. The molecule has 0 nitrogen and oxygen atoms in total. The average molecular weight is 260 g/mol. The quantitative estimate of drug-likeness (QED) is 0.536. The zero-order valence-electron chi connectivity index (χ0n) is 13.8. The van der Waals surface area contributed by atoms with Crippen molar-refractivity contribution >= 4 is 6.08 Å². The molecule has 1 aliphatic rings. The fourth-order valence-electron chi connectivity index (χ4n) is 1.76. The van der Waals surface area contributed by atoms with Crippen LogP contribution in [-0.2, 0) is 6.42 Å². The standard InChI is InChI=1S/C12H14.C4H10.C3H8/c1-9-3-5-12-8-10(2)4-6-11(12)7-9;1-3-4-2;1-3-2/h3,5,7-8H,4,6H2,1-2H3;3-4H2,1-2H3;3H2,1-2H3.